The van der Waals surface area contributed by atoms with E-state index in [1.54, 1.807) is 14.2 Å². The van der Waals surface area contributed by atoms with Gasteiger partial charge in [-0.25, -0.2) is 0 Å². The first kappa shape index (κ1) is 22.4. The molecule has 1 atom stereocenters. The first-order valence-electron chi connectivity index (χ1n) is 10.9. The molecule has 1 aromatic heterocycles. The van der Waals surface area contributed by atoms with Crippen molar-refractivity contribution in [3.8, 4) is 11.5 Å². The van der Waals surface area contributed by atoms with Gasteiger partial charge < -0.3 is 24.7 Å². The Hall–Kier alpha value is -2.75. The highest BCUT2D eigenvalue weighted by Crippen LogP contribution is 2.41. The van der Waals surface area contributed by atoms with E-state index in [0.717, 1.165) is 48.6 Å². The molecule has 2 N–H and O–H groups in total. The number of primary amides is 1. The van der Waals surface area contributed by atoms with Crippen molar-refractivity contribution in [2.24, 2.45) is 5.73 Å². The van der Waals surface area contributed by atoms with E-state index >= 15 is 0 Å². The number of benzene rings is 1. The number of ether oxygens (including phenoxy) is 2. The van der Waals surface area contributed by atoms with Gasteiger partial charge in [0.05, 0.1) is 26.0 Å². The van der Waals surface area contributed by atoms with Gasteiger partial charge in [-0.3, -0.25) is 9.59 Å². The molecule has 2 aromatic rings. The van der Waals surface area contributed by atoms with E-state index in [1.165, 1.54) is 11.8 Å². The molecule has 1 saturated carbocycles. The number of rotatable bonds is 10. The normalized spacial score (nSPS) is 18.1. The van der Waals surface area contributed by atoms with Crippen molar-refractivity contribution < 1.29 is 19.1 Å². The standard InChI is InChI=1S/C22H29N5O4S/c1-30-15-7-8-18(31-2)16(12-15)17-4-3-10-26(17)20(29)13-32-22-25-24-21(14-5-6-14)27(22)11-9-19(23)28/h7-8,12,14,17H,3-6,9-11,13H2,1-2H3,(H2,23,28)/t17-/m1/s1. The van der Waals surface area contributed by atoms with E-state index in [9.17, 15) is 9.59 Å². The van der Waals surface area contributed by atoms with Crippen LogP contribution in [0.1, 0.15) is 55.5 Å². The molecule has 10 heteroatoms. The third-order valence-corrected chi connectivity index (χ3v) is 6.92. The van der Waals surface area contributed by atoms with Crippen LogP contribution in [-0.2, 0) is 16.1 Å². The lowest BCUT2D eigenvalue weighted by molar-refractivity contribution is -0.129. The topological polar surface area (TPSA) is 113 Å². The van der Waals surface area contributed by atoms with Crippen LogP contribution in [0.3, 0.4) is 0 Å². The third-order valence-electron chi connectivity index (χ3n) is 5.96. The van der Waals surface area contributed by atoms with E-state index in [-0.39, 0.29) is 30.0 Å². The molecule has 1 aliphatic heterocycles. The van der Waals surface area contributed by atoms with E-state index in [0.29, 0.717) is 24.2 Å². The van der Waals surface area contributed by atoms with Gasteiger partial charge in [0.2, 0.25) is 11.8 Å². The zero-order chi connectivity index (χ0) is 22.7. The maximum atomic E-state index is 13.2. The van der Waals surface area contributed by atoms with Gasteiger partial charge in [-0.15, -0.1) is 10.2 Å². The molecule has 0 unspecified atom stereocenters. The van der Waals surface area contributed by atoms with Gasteiger partial charge in [0.15, 0.2) is 5.16 Å². The van der Waals surface area contributed by atoms with Gasteiger partial charge in [0.1, 0.15) is 17.3 Å². The highest BCUT2D eigenvalue weighted by atomic mass is 32.2. The first-order valence-corrected chi connectivity index (χ1v) is 11.9. The molecule has 0 bridgehead atoms. The molecular formula is C22H29N5O4S. The largest absolute Gasteiger partial charge is 0.497 e. The summed E-state index contributed by atoms with van der Waals surface area (Å²) in [5.74, 6) is 2.71. The predicted molar refractivity (Wildman–Crippen MR) is 120 cm³/mol. The van der Waals surface area contributed by atoms with Crippen molar-refractivity contribution in [2.75, 3.05) is 26.5 Å². The fraction of sp³-hybridized carbons (Fsp3) is 0.545. The predicted octanol–water partition coefficient (Wildman–Crippen LogP) is 2.50. The van der Waals surface area contributed by atoms with Crippen molar-refractivity contribution in [2.45, 2.75) is 55.8 Å². The Morgan fingerprint density at radius 1 is 1.19 bits per heavy atom. The summed E-state index contributed by atoms with van der Waals surface area (Å²) < 4.78 is 12.9. The minimum Gasteiger partial charge on any atom is -0.497 e. The molecule has 32 heavy (non-hydrogen) atoms. The Morgan fingerprint density at radius 2 is 2.00 bits per heavy atom. The van der Waals surface area contributed by atoms with Crippen LogP contribution < -0.4 is 15.2 Å². The van der Waals surface area contributed by atoms with Crippen LogP contribution in [0.4, 0.5) is 0 Å². The molecule has 2 amide bonds. The molecule has 1 aliphatic carbocycles. The van der Waals surface area contributed by atoms with Crippen molar-refractivity contribution in [3.05, 3.63) is 29.6 Å². The molecule has 2 fully saturated rings. The lowest BCUT2D eigenvalue weighted by Crippen LogP contribution is -2.32. The van der Waals surface area contributed by atoms with Crippen molar-refractivity contribution >= 4 is 23.6 Å². The number of carbonyl (C=O) groups is 2. The maximum Gasteiger partial charge on any atom is 0.233 e. The zero-order valence-corrected chi connectivity index (χ0v) is 19.3. The minimum absolute atomic E-state index is 0.0415. The first-order chi connectivity index (χ1) is 15.5. The minimum atomic E-state index is -0.361. The van der Waals surface area contributed by atoms with Gasteiger partial charge in [-0.05, 0) is 43.9 Å². The quantitative estimate of drug-likeness (QED) is 0.543. The summed E-state index contributed by atoms with van der Waals surface area (Å²) >= 11 is 1.36. The number of hydrogen-bond acceptors (Lipinski definition) is 7. The summed E-state index contributed by atoms with van der Waals surface area (Å²) in [7, 11) is 3.27. The second-order valence-electron chi connectivity index (χ2n) is 8.12. The Balaban J connectivity index is 1.47. The van der Waals surface area contributed by atoms with Gasteiger partial charge >= 0.3 is 0 Å². The molecular weight excluding hydrogens is 430 g/mol. The lowest BCUT2D eigenvalue weighted by atomic mass is 10.0. The van der Waals surface area contributed by atoms with Crippen molar-refractivity contribution in [1.82, 2.24) is 19.7 Å². The molecule has 9 nitrogen and oxygen atoms in total. The van der Waals surface area contributed by atoms with Crippen molar-refractivity contribution in [3.63, 3.8) is 0 Å². The van der Waals surface area contributed by atoms with E-state index < -0.39 is 0 Å². The molecule has 4 rings (SSSR count). The summed E-state index contributed by atoms with van der Waals surface area (Å²) in [5.41, 5.74) is 6.30. The summed E-state index contributed by atoms with van der Waals surface area (Å²) in [5, 5.41) is 9.28. The van der Waals surface area contributed by atoms with E-state index in [2.05, 4.69) is 10.2 Å². The smallest absolute Gasteiger partial charge is 0.233 e. The summed E-state index contributed by atoms with van der Waals surface area (Å²) in [6.45, 7) is 1.14. The Bertz CT molecular complexity index is 991. The SMILES string of the molecule is COc1ccc(OC)c([C@H]2CCCN2C(=O)CSc2nnc(C3CC3)n2CCC(N)=O)c1. The summed E-state index contributed by atoms with van der Waals surface area (Å²) in [4.78, 5) is 26.4. The molecule has 2 aliphatic rings. The summed E-state index contributed by atoms with van der Waals surface area (Å²) in [6, 6.07) is 5.63. The van der Waals surface area contributed by atoms with Crippen LogP contribution >= 0.6 is 11.8 Å². The number of nitrogens with two attached hydrogens (primary N) is 1. The third kappa shape index (κ3) is 4.85. The maximum absolute atomic E-state index is 13.2. The Labute approximate surface area is 191 Å². The van der Waals surface area contributed by atoms with Crippen LogP contribution in [0, 0.1) is 0 Å². The Morgan fingerprint density at radius 3 is 2.69 bits per heavy atom. The second kappa shape index (κ2) is 9.81. The molecule has 0 radical (unpaired) electrons. The number of aromatic nitrogens is 3. The van der Waals surface area contributed by atoms with Gasteiger partial charge in [0, 0.05) is 31.0 Å². The molecule has 0 spiro atoms. The second-order valence-corrected chi connectivity index (χ2v) is 9.07. The average Bonchev–Trinajstić information content (AvgIpc) is 3.37. The summed E-state index contributed by atoms with van der Waals surface area (Å²) in [6.07, 6.45) is 4.19. The number of nitrogens with zero attached hydrogens (tertiary/aromatic N) is 4. The molecule has 1 aromatic carbocycles. The van der Waals surface area contributed by atoms with Crippen LogP contribution in [0.25, 0.3) is 0 Å². The van der Waals surface area contributed by atoms with E-state index in [1.807, 2.05) is 27.7 Å². The van der Waals surface area contributed by atoms with Gasteiger partial charge in [0.25, 0.3) is 0 Å². The highest BCUT2D eigenvalue weighted by Gasteiger charge is 2.33. The monoisotopic (exact) mass is 459 g/mol. The fourth-order valence-electron chi connectivity index (χ4n) is 4.18. The van der Waals surface area contributed by atoms with Crippen LogP contribution in [0.15, 0.2) is 23.4 Å². The number of hydrogen-bond donors (Lipinski definition) is 1. The average molecular weight is 460 g/mol. The fourth-order valence-corrected chi connectivity index (χ4v) is 5.04. The number of thioether (sulfide) groups is 1. The highest BCUT2D eigenvalue weighted by molar-refractivity contribution is 7.99. The lowest BCUT2D eigenvalue weighted by Gasteiger charge is -2.26. The number of likely N-dealkylation sites (tertiary alicyclic amines) is 1. The number of methoxy groups -OCH3 is 2. The Kier molecular flexibility index (Phi) is 6.88. The molecule has 172 valence electrons. The number of amides is 2. The van der Waals surface area contributed by atoms with Gasteiger partial charge in [-0.1, -0.05) is 11.8 Å². The molecule has 1 saturated heterocycles. The van der Waals surface area contributed by atoms with E-state index in [4.69, 9.17) is 15.2 Å². The zero-order valence-electron chi connectivity index (χ0n) is 18.5. The van der Waals surface area contributed by atoms with Gasteiger partial charge in [-0.2, -0.15) is 0 Å². The molecule has 2 heterocycles. The van der Waals surface area contributed by atoms with Crippen LogP contribution in [-0.4, -0.2) is 58.0 Å². The van der Waals surface area contributed by atoms with Crippen molar-refractivity contribution in [1.29, 1.82) is 0 Å². The van der Waals surface area contributed by atoms with Crippen LogP contribution in [0.5, 0.6) is 11.5 Å². The number of carbonyl (C=O) groups excluding carboxylic acids is 2. The van der Waals surface area contributed by atoms with Crippen LogP contribution in [0.2, 0.25) is 0 Å².